The lowest BCUT2D eigenvalue weighted by Gasteiger charge is -2.27. The van der Waals surface area contributed by atoms with Crippen LogP contribution in [0.3, 0.4) is 0 Å². The largest absolute Gasteiger partial charge is 0.387 e. The Labute approximate surface area is 83.6 Å². The van der Waals surface area contributed by atoms with Crippen LogP contribution in [-0.4, -0.2) is 15.6 Å². The smallest absolute Gasteiger partial charge is 0.0987 e. The van der Waals surface area contributed by atoms with E-state index < -0.39 is 0 Å². The van der Waals surface area contributed by atoms with Crippen molar-refractivity contribution in [2.24, 2.45) is 11.1 Å². The van der Waals surface area contributed by atoms with Gasteiger partial charge >= 0.3 is 0 Å². The molecule has 1 aliphatic rings. The van der Waals surface area contributed by atoms with Crippen LogP contribution in [0.2, 0.25) is 0 Å². The highest BCUT2D eigenvalue weighted by atomic mass is 15.3. The predicted octanol–water partition coefficient (Wildman–Crippen LogP) is 1.38. The zero-order valence-electron chi connectivity index (χ0n) is 8.24. The molecular formula is C10H16N4. The summed E-state index contributed by atoms with van der Waals surface area (Å²) in [6.07, 6.45) is 8.12. The summed E-state index contributed by atoms with van der Waals surface area (Å²) in [4.78, 5) is 0. The van der Waals surface area contributed by atoms with Gasteiger partial charge in [-0.1, -0.05) is 12.8 Å². The fraction of sp³-hybridized carbons (Fsp3) is 0.600. The van der Waals surface area contributed by atoms with Crippen molar-refractivity contribution in [3.05, 3.63) is 18.5 Å². The maximum Gasteiger partial charge on any atom is 0.0987 e. The summed E-state index contributed by atoms with van der Waals surface area (Å²) >= 11 is 0. The Kier molecular flexibility index (Phi) is 2.27. The van der Waals surface area contributed by atoms with Crippen molar-refractivity contribution in [3.8, 4) is 0 Å². The third-order valence-corrected chi connectivity index (χ3v) is 3.16. The van der Waals surface area contributed by atoms with E-state index in [-0.39, 0.29) is 5.41 Å². The second-order valence-corrected chi connectivity index (χ2v) is 4.10. The van der Waals surface area contributed by atoms with Crippen LogP contribution >= 0.6 is 0 Å². The van der Waals surface area contributed by atoms with Gasteiger partial charge in [0.1, 0.15) is 0 Å². The molecule has 0 bridgehead atoms. The van der Waals surface area contributed by atoms with Crippen molar-refractivity contribution >= 4 is 5.84 Å². The number of hydrogen-bond acceptors (Lipinski definition) is 2. The molecular weight excluding hydrogens is 176 g/mol. The Bertz CT molecular complexity index is 309. The van der Waals surface area contributed by atoms with Crippen LogP contribution in [0.15, 0.2) is 18.5 Å². The van der Waals surface area contributed by atoms with Crippen molar-refractivity contribution in [1.29, 1.82) is 5.41 Å². The molecule has 0 unspecified atom stereocenters. The molecule has 14 heavy (non-hydrogen) atoms. The highest BCUT2D eigenvalue weighted by Crippen LogP contribution is 2.39. The van der Waals surface area contributed by atoms with Crippen molar-refractivity contribution in [1.82, 2.24) is 9.78 Å². The van der Waals surface area contributed by atoms with Gasteiger partial charge in [-0.3, -0.25) is 10.1 Å². The Balaban J connectivity index is 2.16. The van der Waals surface area contributed by atoms with Gasteiger partial charge in [-0.25, -0.2) is 0 Å². The minimum absolute atomic E-state index is 0.119. The molecule has 0 spiro atoms. The zero-order chi connectivity index (χ0) is 10.0. The van der Waals surface area contributed by atoms with E-state index in [9.17, 15) is 0 Å². The van der Waals surface area contributed by atoms with Crippen LogP contribution < -0.4 is 5.73 Å². The average molecular weight is 192 g/mol. The van der Waals surface area contributed by atoms with E-state index in [4.69, 9.17) is 11.1 Å². The maximum absolute atomic E-state index is 7.68. The number of rotatable bonds is 3. The summed E-state index contributed by atoms with van der Waals surface area (Å²) in [5, 5.41) is 11.9. The molecule has 0 amide bonds. The van der Waals surface area contributed by atoms with E-state index >= 15 is 0 Å². The van der Waals surface area contributed by atoms with Gasteiger partial charge in [0.25, 0.3) is 0 Å². The Morgan fingerprint density at radius 3 is 2.71 bits per heavy atom. The first-order valence-corrected chi connectivity index (χ1v) is 5.05. The van der Waals surface area contributed by atoms with Crippen LogP contribution in [0.5, 0.6) is 0 Å². The van der Waals surface area contributed by atoms with E-state index in [0.717, 1.165) is 19.4 Å². The molecule has 3 N–H and O–H groups in total. The first kappa shape index (κ1) is 9.24. The van der Waals surface area contributed by atoms with E-state index in [1.54, 1.807) is 6.20 Å². The van der Waals surface area contributed by atoms with Gasteiger partial charge in [-0.05, 0) is 18.9 Å². The molecule has 2 rings (SSSR count). The Hall–Kier alpha value is -1.32. The minimum Gasteiger partial charge on any atom is -0.387 e. The molecule has 1 aliphatic carbocycles. The Morgan fingerprint density at radius 2 is 2.21 bits per heavy atom. The fourth-order valence-corrected chi connectivity index (χ4v) is 2.27. The summed E-state index contributed by atoms with van der Waals surface area (Å²) in [7, 11) is 0. The lowest BCUT2D eigenvalue weighted by atomic mass is 9.85. The molecule has 1 aromatic heterocycles. The molecule has 0 aliphatic heterocycles. The van der Waals surface area contributed by atoms with E-state index in [1.807, 2.05) is 16.9 Å². The van der Waals surface area contributed by atoms with E-state index in [2.05, 4.69) is 5.10 Å². The first-order chi connectivity index (χ1) is 6.73. The number of amidine groups is 1. The SMILES string of the molecule is N=C(N)C1(Cn2cccn2)CCCC1. The number of hydrogen-bond donors (Lipinski definition) is 2. The molecule has 0 radical (unpaired) electrons. The van der Waals surface area contributed by atoms with Gasteiger partial charge in [-0.15, -0.1) is 0 Å². The second-order valence-electron chi connectivity index (χ2n) is 4.10. The van der Waals surface area contributed by atoms with Gasteiger partial charge < -0.3 is 5.73 Å². The Morgan fingerprint density at radius 1 is 1.50 bits per heavy atom. The van der Waals surface area contributed by atoms with Gasteiger partial charge in [0.15, 0.2) is 0 Å². The summed E-state index contributed by atoms with van der Waals surface area (Å²) in [5.74, 6) is 0.325. The average Bonchev–Trinajstić information content (AvgIpc) is 2.76. The normalized spacial score (nSPS) is 19.7. The molecule has 0 saturated heterocycles. The molecule has 0 aromatic carbocycles. The van der Waals surface area contributed by atoms with Crippen molar-refractivity contribution < 1.29 is 0 Å². The van der Waals surface area contributed by atoms with Gasteiger partial charge in [0.05, 0.1) is 12.4 Å². The molecule has 1 aromatic rings. The summed E-state index contributed by atoms with van der Waals surface area (Å²) in [5.41, 5.74) is 5.57. The predicted molar refractivity (Wildman–Crippen MR) is 55.0 cm³/mol. The highest BCUT2D eigenvalue weighted by Gasteiger charge is 2.37. The van der Waals surface area contributed by atoms with E-state index in [1.165, 1.54) is 12.8 Å². The van der Waals surface area contributed by atoms with Crippen LogP contribution in [0, 0.1) is 10.8 Å². The summed E-state index contributed by atoms with van der Waals surface area (Å²) in [6, 6.07) is 1.91. The van der Waals surface area contributed by atoms with Gasteiger partial charge in [0.2, 0.25) is 0 Å². The molecule has 4 nitrogen and oxygen atoms in total. The van der Waals surface area contributed by atoms with Crippen LogP contribution in [0.4, 0.5) is 0 Å². The minimum atomic E-state index is -0.119. The topological polar surface area (TPSA) is 67.7 Å². The number of nitrogens with two attached hydrogens (primary N) is 1. The summed E-state index contributed by atoms with van der Waals surface area (Å²) in [6.45, 7) is 0.759. The maximum atomic E-state index is 7.68. The molecule has 1 heterocycles. The molecule has 1 fully saturated rings. The molecule has 1 saturated carbocycles. The quantitative estimate of drug-likeness (QED) is 0.561. The third kappa shape index (κ3) is 1.52. The molecule has 76 valence electrons. The highest BCUT2D eigenvalue weighted by molar-refractivity contribution is 5.83. The van der Waals surface area contributed by atoms with Gasteiger partial charge in [0, 0.05) is 17.8 Å². The third-order valence-electron chi connectivity index (χ3n) is 3.16. The number of nitrogens with zero attached hydrogens (tertiary/aromatic N) is 2. The van der Waals surface area contributed by atoms with Crippen molar-refractivity contribution in [3.63, 3.8) is 0 Å². The lowest BCUT2D eigenvalue weighted by molar-refractivity contribution is 0.340. The van der Waals surface area contributed by atoms with Crippen molar-refractivity contribution in [2.45, 2.75) is 32.2 Å². The second kappa shape index (κ2) is 3.44. The van der Waals surface area contributed by atoms with Crippen molar-refractivity contribution in [2.75, 3.05) is 0 Å². The standard InChI is InChI=1S/C10H16N4/c11-9(12)10(4-1-2-5-10)8-14-7-3-6-13-14/h3,6-7H,1-2,4-5,8H2,(H3,11,12). The number of nitrogens with one attached hydrogen (secondary N) is 1. The monoisotopic (exact) mass is 192 g/mol. The fourth-order valence-electron chi connectivity index (χ4n) is 2.27. The van der Waals surface area contributed by atoms with Crippen LogP contribution in [0.1, 0.15) is 25.7 Å². The summed E-state index contributed by atoms with van der Waals surface area (Å²) < 4.78 is 1.88. The number of aromatic nitrogens is 2. The van der Waals surface area contributed by atoms with Gasteiger partial charge in [-0.2, -0.15) is 5.10 Å². The van der Waals surface area contributed by atoms with E-state index in [0.29, 0.717) is 5.84 Å². The van der Waals surface area contributed by atoms with Crippen LogP contribution in [-0.2, 0) is 6.54 Å². The first-order valence-electron chi connectivity index (χ1n) is 5.05. The van der Waals surface area contributed by atoms with Crippen LogP contribution in [0.25, 0.3) is 0 Å². The lowest BCUT2D eigenvalue weighted by Crippen LogP contribution is -2.38. The molecule has 0 atom stereocenters. The zero-order valence-corrected chi connectivity index (χ0v) is 8.24. The molecule has 4 heteroatoms.